The van der Waals surface area contributed by atoms with Crippen LogP contribution in [0.5, 0.6) is 0 Å². The molecule has 1 N–H and O–H groups in total. The summed E-state index contributed by atoms with van der Waals surface area (Å²) in [4.78, 5) is 11.6. The van der Waals surface area contributed by atoms with Gasteiger partial charge in [0, 0.05) is 11.3 Å². The summed E-state index contributed by atoms with van der Waals surface area (Å²) >= 11 is 0. The van der Waals surface area contributed by atoms with Crippen molar-refractivity contribution >= 4 is 11.7 Å². The van der Waals surface area contributed by atoms with E-state index >= 15 is 0 Å². The molecule has 0 unspecified atom stereocenters. The second-order valence-corrected chi connectivity index (χ2v) is 4.47. The summed E-state index contributed by atoms with van der Waals surface area (Å²) in [6.07, 6.45) is 0. The summed E-state index contributed by atoms with van der Waals surface area (Å²) in [5.74, 6) is -0.791. The molecular weight excluding hydrogens is 257 g/mol. The van der Waals surface area contributed by atoms with E-state index in [0.29, 0.717) is 5.56 Å². The van der Waals surface area contributed by atoms with Crippen molar-refractivity contribution in [2.24, 2.45) is 0 Å². The average molecular weight is 273 g/mol. The van der Waals surface area contributed by atoms with Gasteiger partial charge in [0.15, 0.2) is 0 Å². The predicted octanol–water partition coefficient (Wildman–Crippen LogP) is 3.29. The SMILES string of the molecule is Cc1ccc(NCC(=O)OCc2ccccc2F)cc1. The van der Waals surface area contributed by atoms with Crippen LogP contribution < -0.4 is 5.32 Å². The maximum absolute atomic E-state index is 13.3. The van der Waals surface area contributed by atoms with E-state index < -0.39 is 5.97 Å². The minimum Gasteiger partial charge on any atom is -0.459 e. The van der Waals surface area contributed by atoms with E-state index in [1.165, 1.54) is 6.07 Å². The Bertz CT molecular complexity index is 581. The molecule has 0 saturated heterocycles. The first-order valence-electron chi connectivity index (χ1n) is 6.35. The summed E-state index contributed by atoms with van der Waals surface area (Å²) in [7, 11) is 0. The molecule has 20 heavy (non-hydrogen) atoms. The van der Waals surface area contributed by atoms with Gasteiger partial charge in [-0.05, 0) is 25.1 Å². The lowest BCUT2D eigenvalue weighted by Crippen LogP contribution is -2.17. The van der Waals surface area contributed by atoms with Crippen LogP contribution in [0.1, 0.15) is 11.1 Å². The number of hydrogen-bond acceptors (Lipinski definition) is 3. The highest BCUT2D eigenvalue weighted by Crippen LogP contribution is 2.09. The van der Waals surface area contributed by atoms with E-state index in [4.69, 9.17) is 4.74 Å². The van der Waals surface area contributed by atoms with Crippen molar-refractivity contribution in [2.75, 3.05) is 11.9 Å². The number of aryl methyl sites for hydroxylation is 1. The molecule has 0 bridgehead atoms. The van der Waals surface area contributed by atoms with Gasteiger partial charge in [-0.3, -0.25) is 4.79 Å². The van der Waals surface area contributed by atoms with Crippen LogP contribution in [0, 0.1) is 12.7 Å². The average Bonchev–Trinajstić information content (AvgIpc) is 2.46. The van der Waals surface area contributed by atoms with E-state index in [1.807, 2.05) is 31.2 Å². The molecule has 2 aromatic rings. The number of carbonyl (C=O) groups is 1. The highest BCUT2D eigenvalue weighted by Gasteiger charge is 2.06. The van der Waals surface area contributed by atoms with Crippen molar-refractivity contribution in [3.63, 3.8) is 0 Å². The summed E-state index contributed by atoms with van der Waals surface area (Å²) in [6, 6.07) is 13.9. The quantitative estimate of drug-likeness (QED) is 0.849. The van der Waals surface area contributed by atoms with Crippen LogP contribution >= 0.6 is 0 Å². The molecule has 0 aromatic heterocycles. The maximum Gasteiger partial charge on any atom is 0.325 e. The van der Waals surface area contributed by atoms with Crippen molar-refractivity contribution in [2.45, 2.75) is 13.5 Å². The molecule has 0 radical (unpaired) electrons. The molecule has 0 aliphatic heterocycles. The molecule has 3 nitrogen and oxygen atoms in total. The van der Waals surface area contributed by atoms with Gasteiger partial charge in [-0.2, -0.15) is 0 Å². The molecule has 0 amide bonds. The fraction of sp³-hybridized carbons (Fsp3) is 0.188. The van der Waals surface area contributed by atoms with Gasteiger partial charge >= 0.3 is 5.97 Å². The lowest BCUT2D eigenvalue weighted by atomic mass is 10.2. The van der Waals surface area contributed by atoms with Gasteiger partial charge in [-0.25, -0.2) is 4.39 Å². The van der Waals surface area contributed by atoms with Gasteiger partial charge < -0.3 is 10.1 Å². The Morgan fingerprint density at radius 2 is 1.85 bits per heavy atom. The lowest BCUT2D eigenvalue weighted by molar-refractivity contribution is -0.142. The topological polar surface area (TPSA) is 38.3 Å². The fourth-order valence-electron chi connectivity index (χ4n) is 1.67. The molecular formula is C16H16FNO2. The summed E-state index contributed by atoms with van der Waals surface area (Å²) in [6.45, 7) is 1.99. The minimum absolute atomic E-state index is 0.0531. The number of esters is 1. The van der Waals surface area contributed by atoms with Crippen LogP contribution in [-0.2, 0) is 16.1 Å². The zero-order valence-electron chi connectivity index (χ0n) is 11.2. The molecule has 104 valence electrons. The molecule has 0 atom stereocenters. The smallest absolute Gasteiger partial charge is 0.325 e. The lowest BCUT2D eigenvalue weighted by Gasteiger charge is -2.08. The Balaban J connectivity index is 1.78. The van der Waals surface area contributed by atoms with E-state index in [2.05, 4.69) is 5.32 Å². The Kier molecular flexibility index (Phi) is 4.71. The second-order valence-electron chi connectivity index (χ2n) is 4.47. The van der Waals surface area contributed by atoms with Crippen molar-refractivity contribution in [1.82, 2.24) is 0 Å². The number of rotatable bonds is 5. The Hall–Kier alpha value is -2.36. The fourth-order valence-corrected chi connectivity index (χ4v) is 1.67. The van der Waals surface area contributed by atoms with Gasteiger partial charge in [-0.1, -0.05) is 35.9 Å². The second kappa shape index (κ2) is 6.70. The van der Waals surface area contributed by atoms with Crippen LogP contribution in [0.2, 0.25) is 0 Å². The Morgan fingerprint density at radius 3 is 2.55 bits per heavy atom. The van der Waals surface area contributed by atoms with E-state index in [1.54, 1.807) is 18.2 Å². The van der Waals surface area contributed by atoms with E-state index in [-0.39, 0.29) is 19.0 Å². The zero-order chi connectivity index (χ0) is 14.4. The van der Waals surface area contributed by atoms with Crippen LogP contribution in [0.25, 0.3) is 0 Å². The largest absolute Gasteiger partial charge is 0.459 e. The van der Waals surface area contributed by atoms with Gasteiger partial charge in [-0.15, -0.1) is 0 Å². The van der Waals surface area contributed by atoms with Crippen LogP contribution in [0.4, 0.5) is 10.1 Å². The third-order valence-electron chi connectivity index (χ3n) is 2.83. The molecule has 4 heteroatoms. The molecule has 0 heterocycles. The maximum atomic E-state index is 13.3. The number of benzene rings is 2. The first kappa shape index (κ1) is 14.1. The Morgan fingerprint density at radius 1 is 1.15 bits per heavy atom. The molecule has 2 rings (SSSR count). The van der Waals surface area contributed by atoms with Crippen LogP contribution in [0.3, 0.4) is 0 Å². The van der Waals surface area contributed by atoms with Gasteiger partial charge in [0.05, 0.1) is 0 Å². The molecule has 2 aromatic carbocycles. The number of anilines is 1. The summed E-state index contributed by atoms with van der Waals surface area (Å²) in [5, 5.41) is 2.95. The van der Waals surface area contributed by atoms with Crippen molar-refractivity contribution in [1.29, 1.82) is 0 Å². The van der Waals surface area contributed by atoms with Crippen molar-refractivity contribution in [3.05, 3.63) is 65.5 Å². The third kappa shape index (κ3) is 4.09. The normalized spacial score (nSPS) is 10.1. The third-order valence-corrected chi connectivity index (χ3v) is 2.83. The summed E-state index contributed by atoms with van der Waals surface area (Å²) < 4.78 is 18.3. The highest BCUT2D eigenvalue weighted by molar-refractivity contribution is 5.75. The van der Waals surface area contributed by atoms with E-state index in [9.17, 15) is 9.18 Å². The Labute approximate surface area is 117 Å². The van der Waals surface area contributed by atoms with Gasteiger partial charge in [0.25, 0.3) is 0 Å². The van der Waals surface area contributed by atoms with Crippen molar-refractivity contribution in [3.8, 4) is 0 Å². The van der Waals surface area contributed by atoms with Crippen LogP contribution in [-0.4, -0.2) is 12.5 Å². The predicted molar refractivity (Wildman–Crippen MR) is 75.9 cm³/mol. The number of ether oxygens (including phenoxy) is 1. The van der Waals surface area contributed by atoms with E-state index in [0.717, 1.165) is 11.3 Å². The number of hydrogen-bond donors (Lipinski definition) is 1. The molecule has 0 fully saturated rings. The van der Waals surface area contributed by atoms with Gasteiger partial charge in [0.2, 0.25) is 0 Å². The van der Waals surface area contributed by atoms with Crippen LogP contribution in [0.15, 0.2) is 48.5 Å². The van der Waals surface area contributed by atoms with Gasteiger partial charge in [0.1, 0.15) is 19.0 Å². The first-order chi connectivity index (χ1) is 9.65. The molecule has 0 aliphatic carbocycles. The number of nitrogens with one attached hydrogen (secondary N) is 1. The number of carbonyl (C=O) groups excluding carboxylic acids is 1. The minimum atomic E-state index is -0.422. The monoisotopic (exact) mass is 273 g/mol. The first-order valence-corrected chi connectivity index (χ1v) is 6.35. The highest BCUT2D eigenvalue weighted by atomic mass is 19.1. The van der Waals surface area contributed by atoms with Crippen molar-refractivity contribution < 1.29 is 13.9 Å². The molecule has 0 saturated carbocycles. The zero-order valence-corrected chi connectivity index (χ0v) is 11.2. The molecule has 0 spiro atoms. The molecule has 0 aliphatic rings. The summed E-state index contributed by atoms with van der Waals surface area (Å²) in [5.41, 5.74) is 2.37. The number of halogens is 1. The standard InChI is InChI=1S/C16H16FNO2/c1-12-6-8-14(9-7-12)18-10-16(19)20-11-13-4-2-3-5-15(13)17/h2-9,18H,10-11H2,1H3.